The molecule has 0 aliphatic heterocycles. The maximum absolute atomic E-state index is 7.20. The summed E-state index contributed by atoms with van der Waals surface area (Å²) in [5.74, 6) is 1.58. The van der Waals surface area contributed by atoms with Gasteiger partial charge in [0.1, 0.15) is 11.5 Å². The minimum Gasteiger partial charge on any atom is -0.457 e. The first-order valence-corrected chi connectivity index (χ1v) is 13.6. The number of ether oxygens (including phenoxy) is 1. The van der Waals surface area contributed by atoms with E-state index in [2.05, 4.69) is 84.9 Å². The summed E-state index contributed by atoms with van der Waals surface area (Å²) in [7, 11) is 1.00. The molecule has 0 spiro atoms. The van der Waals surface area contributed by atoms with Crippen LogP contribution in [0.25, 0.3) is 32.3 Å². The fourth-order valence-corrected chi connectivity index (χ4v) is 6.30. The van der Waals surface area contributed by atoms with E-state index in [-0.39, 0.29) is 0 Å². The third-order valence-corrected chi connectivity index (χ3v) is 8.12. The highest BCUT2D eigenvalue weighted by Crippen LogP contribution is 2.43. The Morgan fingerprint density at radius 1 is 0.718 bits per heavy atom. The van der Waals surface area contributed by atoms with Gasteiger partial charge < -0.3 is 15.6 Å². The number of aliphatic hydroxyl groups is 1. The summed E-state index contributed by atoms with van der Waals surface area (Å²) in [5.41, 5.74) is 10.7. The SMILES string of the molecule is CO.NC1(c2cccc3ccccc23)CCc2c(ccc3c2cc(Oc2cccc(Cl)c2)c2ccccc23)C1. The van der Waals surface area contributed by atoms with E-state index in [1.807, 2.05) is 24.3 Å². The molecule has 3 nitrogen and oxygen atoms in total. The van der Waals surface area contributed by atoms with E-state index in [0.29, 0.717) is 5.02 Å². The van der Waals surface area contributed by atoms with Crippen molar-refractivity contribution < 1.29 is 9.84 Å². The van der Waals surface area contributed by atoms with Crippen molar-refractivity contribution in [2.24, 2.45) is 5.73 Å². The lowest BCUT2D eigenvalue weighted by atomic mass is 9.72. The number of aliphatic hydroxyl groups excluding tert-OH is 1. The van der Waals surface area contributed by atoms with Crippen molar-refractivity contribution in [3.05, 3.63) is 131 Å². The highest BCUT2D eigenvalue weighted by molar-refractivity contribution is 6.30. The van der Waals surface area contributed by atoms with Crippen LogP contribution in [0.2, 0.25) is 5.02 Å². The van der Waals surface area contributed by atoms with Gasteiger partial charge in [-0.2, -0.15) is 0 Å². The predicted octanol–water partition coefficient (Wildman–Crippen LogP) is 8.54. The van der Waals surface area contributed by atoms with E-state index in [9.17, 15) is 0 Å². The van der Waals surface area contributed by atoms with Gasteiger partial charge in [-0.1, -0.05) is 96.5 Å². The molecule has 0 saturated carbocycles. The van der Waals surface area contributed by atoms with Gasteiger partial charge >= 0.3 is 0 Å². The van der Waals surface area contributed by atoms with Crippen LogP contribution in [-0.4, -0.2) is 12.2 Å². The molecule has 1 unspecified atom stereocenters. The molecule has 0 amide bonds. The van der Waals surface area contributed by atoms with Gasteiger partial charge in [0.2, 0.25) is 0 Å². The molecule has 194 valence electrons. The summed E-state index contributed by atoms with van der Waals surface area (Å²) in [6.07, 6.45) is 2.62. The topological polar surface area (TPSA) is 55.5 Å². The Morgan fingerprint density at radius 2 is 1.41 bits per heavy atom. The average Bonchev–Trinajstić information content (AvgIpc) is 2.98. The Balaban J connectivity index is 0.00000135. The minimum atomic E-state index is -0.404. The summed E-state index contributed by atoms with van der Waals surface area (Å²) in [6.45, 7) is 0. The monoisotopic (exact) mass is 531 g/mol. The summed E-state index contributed by atoms with van der Waals surface area (Å²) in [6, 6.07) is 37.8. The lowest BCUT2D eigenvalue weighted by molar-refractivity contribution is 0.389. The van der Waals surface area contributed by atoms with E-state index in [4.69, 9.17) is 27.2 Å². The van der Waals surface area contributed by atoms with Crippen LogP contribution < -0.4 is 10.5 Å². The number of halogens is 1. The van der Waals surface area contributed by atoms with Crippen molar-refractivity contribution in [1.82, 2.24) is 0 Å². The first-order chi connectivity index (χ1) is 19.1. The molecule has 6 aromatic rings. The van der Waals surface area contributed by atoms with Crippen molar-refractivity contribution in [3.8, 4) is 11.5 Å². The molecule has 1 aliphatic rings. The molecular formula is C35H30ClNO2. The van der Waals surface area contributed by atoms with E-state index in [0.717, 1.165) is 43.3 Å². The molecule has 0 bridgehead atoms. The first-order valence-electron chi connectivity index (χ1n) is 13.2. The number of rotatable bonds is 3. The largest absolute Gasteiger partial charge is 0.457 e. The molecule has 3 N–H and O–H groups in total. The Hall–Kier alpha value is -3.89. The summed E-state index contributed by atoms with van der Waals surface area (Å²) in [4.78, 5) is 0. The zero-order valence-electron chi connectivity index (χ0n) is 21.8. The fraction of sp³-hybridized carbons (Fsp3) is 0.143. The summed E-state index contributed by atoms with van der Waals surface area (Å²) >= 11 is 6.24. The third-order valence-electron chi connectivity index (χ3n) is 7.89. The molecule has 0 fully saturated rings. The van der Waals surface area contributed by atoms with Gasteiger partial charge in [0.15, 0.2) is 0 Å². The van der Waals surface area contributed by atoms with Gasteiger partial charge in [-0.25, -0.2) is 0 Å². The van der Waals surface area contributed by atoms with Crippen LogP contribution in [-0.2, 0) is 18.4 Å². The third kappa shape index (κ3) is 4.53. The standard InChI is InChI=1S/C34H26ClNO.CH4O/c35-24-9-6-10-25(19-24)37-33-20-31-26-17-18-34(36,32-14-5-8-22-7-1-2-11-27(22)32)21-23(26)15-16-29(31)28-12-3-4-13-30(28)33;1-2/h1-16,19-20H,17-18,21,36H2;2H,1H3. The molecule has 0 saturated heterocycles. The second-order valence-corrected chi connectivity index (χ2v) is 10.6. The van der Waals surface area contributed by atoms with Crippen LogP contribution in [0.5, 0.6) is 11.5 Å². The number of aryl methyl sites for hydroxylation is 1. The molecular weight excluding hydrogens is 502 g/mol. The number of fused-ring (bicyclic) bond motifs is 6. The van der Waals surface area contributed by atoms with Crippen LogP contribution in [0.3, 0.4) is 0 Å². The summed E-state index contributed by atoms with van der Waals surface area (Å²) < 4.78 is 6.42. The Bertz CT molecular complexity index is 1820. The van der Waals surface area contributed by atoms with Gasteiger partial charge in [-0.3, -0.25) is 0 Å². The van der Waals surface area contributed by atoms with E-state index in [1.165, 1.54) is 43.6 Å². The van der Waals surface area contributed by atoms with E-state index in [1.54, 1.807) is 0 Å². The number of hydrogen-bond acceptors (Lipinski definition) is 3. The normalized spacial score (nSPS) is 16.5. The number of benzene rings is 6. The maximum Gasteiger partial charge on any atom is 0.135 e. The number of nitrogens with two attached hydrogens (primary N) is 1. The van der Waals surface area contributed by atoms with Crippen molar-refractivity contribution in [3.63, 3.8) is 0 Å². The first kappa shape index (κ1) is 25.4. The van der Waals surface area contributed by atoms with Crippen LogP contribution in [0, 0.1) is 0 Å². The second-order valence-electron chi connectivity index (χ2n) is 10.1. The molecule has 6 aromatic carbocycles. The zero-order valence-corrected chi connectivity index (χ0v) is 22.6. The van der Waals surface area contributed by atoms with Gasteiger partial charge in [0.25, 0.3) is 0 Å². The molecule has 1 aliphatic carbocycles. The molecule has 0 radical (unpaired) electrons. The van der Waals surface area contributed by atoms with Crippen LogP contribution in [0.15, 0.2) is 109 Å². The predicted molar refractivity (Wildman–Crippen MR) is 163 cm³/mol. The Kier molecular flexibility index (Phi) is 6.74. The Labute approximate surface area is 233 Å². The van der Waals surface area contributed by atoms with Crippen LogP contribution >= 0.6 is 11.6 Å². The van der Waals surface area contributed by atoms with E-state index >= 15 is 0 Å². The molecule has 7 rings (SSSR count). The van der Waals surface area contributed by atoms with Gasteiger partial charge in [-0.05, 0) is 87.1 Å². The molecule has 39 heavy (non-hydrogen) atoms. The lowest BCUT2D eigenvalue weighted by Gasteiger charge is -2.37. The van der Waals surface area contributed by atoms with Gasteiger partial charge in [-0.15, -0.1) is 0 Å². The van der Waals surface area contributed by atoms with Crippen molar-refractivity contribution in [1.29, 1.82) is 0 Å². The zero-order chi connectivity index (χ0) is 27.0. The highest BCUT2D eigenvalue weighted by Gasteiger charge is 2.34. The smallest absolute Gasteiger partial charge is 0.135 e. The number of hydrogen-bond donors (Lipinski definition) is 2. The minimum absolute atomic E-state index is 0.404. The molecule has 0 heterocycles. The van der Waals surface area contributed by atoms with Crippen molar-refractivity contribution in [2.45, 2.75) is 24.8 Å². The van der Waals surface area contributed by atoms with Gasteiger partial charge in [0, 0.05) is 23.1 Å². The van der Waals surface area contributed by atoms with Crippen molar-refractivity contribution in [2.75, 3.05) is 7.11 Å². The van der Waals surface area contributed by atoms with E-state index < -0.39 is 5.54 Å². The average molecular weight is 532 g/mol. The fourth-order valence-electron chi connectivity index (χ4n) is 6.12. The molecule has 4 heteroatoms. The Morgan fingerprint density at radius 3 is 2.23 bits per heavy atom. The lowest BCUT2D eigenvalue weighted by Crippen LogP contribution is -2.42. The molecule has 1 atom stereocenters. The van der Waals surface area contributed by atoms with Crippen LogP contribution in [0.4, 0.5) is 0 Å². The van der Waals surface area contributed by atoms with Gasteiger partial charge in [0.05, 0.1) is 0 Å². The second kappa shape index (κ2) is 10.3. The quantitative estimate of drug-likeness (QED) is 0.225. The summed E-state index contributed by atoms with van der Waals surface area (Å²) in [5, 5.41) is 14.9. The highest BCUT2D eigenvalue weighted by atomic mass is 35.5. The molecule has 0 aromatic heterocycles. The maximum atomic E-state index is 7.20. The van der Waals surface area contributed by atoms with Crippen molar-refractivity contribution >= 4 is 43.9 Å². The van der Waals surface area contributed by atoms with Crippen LogP contribution in [0.1, 0.15) is 23.1 Å².